The Hall–Kier alpha value is -1.24. The van der Waals surface area contributed by atoms with Crippen molar-refractivity contribution in [2.75, 3.05) is 0 Å². The standard InChI is InChI=1S/C11H12O/c1-11(7-3-2-4-8-11)10-6-5-9-12-10/h2-7,9H,8H2,1H3/t11-/m0/s1. The summed E-state index contributed by atoms with van der Waals surface area (Å²) < 4.78 is 5.39. The summed E-state index contributed by atoms with van der Waals surface area (Å²) in [4.78, 5) is 0. The lowest BCUT2D eigenvalue weighted by molar-refractivity contribution is 0.417. The number of hydrogen-bond donors (Lipinski definition) is 0. The van der Waals surface area contributed by atoms with Gasteiger partial charge in [0.25, 0.3) is 0 Å². The molecule has 0 aromatic carbocycles. The Balaban J connectivity index is 2.34. The van der Waals surface area contributed by atoms with Crippen molar-refractivity contribution in [2.45, 2.75) is 18.8 Å². The van der Waals surface area contributed by atoms with Crippen LogP contribution in [-0.2, 0) is 5.41 Å². The van der Waals surface area contributed by atoms with Gasteiger partial charge < -0.3 is 4.42 Å². The fourth-order valence-corrected chi connectivity index (χ4v) is 1.51. The first-order valence-electron chi connectivity index (χ1n) is 4.20. The highest BCUT2D eigenvalue weighted by Crippen LogP contribution is 2.31. The third-order valence-electron chi connectivity index (χ3n) is 2.34. The SMILES string of the molecule is C[C@]1(c2ccco2)C=CC=CC1. The van der Waals surface area contributed by atoms with Crippen molar-refractivity contribution in [2.24, 2.45) is 0 Å². The van der Waals surface area contributed by atoms with Gasteiger partial charge in [0, 0.05) is 5.41 Å². The lowest BCUT2D eigenvalue weighted by Gasteiger charge is -2.23. The predicted octanol–water partition coefficient (Wildman–Crippen LogP) is 3.05. The van der Waals surface area contributed by atoms with E-state index < -0.39 is 0 Å². The van der Waals surface area contributed by atoms with Crippen LogP contribution in [0.15, 0.2) is 47.1 Å². The van der Waals surface area contributed by atoms with Crippen molar-refractivity contribution in [3.63, 3.8) is 0 Å². The van der Waals surface area contributed by atoms with Crippen LogP contribution < -0.4 is 0 Å². The van der Waals surface area contributed by atoms with Crippen molar-refractivity contribution in [1.82, 2.24) is 0 Å². The highest BCUT2D eigenvalue weighted by molar-refractivity contribution is 5.28. The van der Waals surface area contributed by atoms with E-state index in [-0.39, 0.29) is 5.41 Å². The summed E-state index contributed by atoms with van der Waals surface area (Å²) in [5.41, 5.74) is 0.0677. The highest BCUT2D eigenvalue weighted by atomic mass is 16.3. The molecule has 1 heteroatoms. The van der Waals surface area contributed by atoms with Crippen molar-refractivity contribution >= 4 is 0 Å². The van der Waals surface area contributed by atoms with Crippen molar-refractivity contribution < 1.29 is 4.42 Å². The fourth-order valence-electron chi connectivity index (χ4n) is 1.51. The van der Waals surface area contributed by atoms with Gasteiger partial charge in [-0.2, -0.15) is 0 Å². The molecule has 1 aromatic heterocycles. The van der Waals surface area contributed by atoms with Gasteiger partial charge >= 0.3 is 0 Å². The summed E-state index contributed by atoms with van der Waals surface area (Å²) in [5, 5.41) is 0. The van der Waals surface area contributed by atoms with E-state index in [1.54, 1.807) is 6.26 Å². The molecule has 0 aliphatic heterocycles. The summed E-state index contributed by atoms with van der Waals surface area (Å²) in [6, 6.07) is 3.97. The van der Waals surface area contributed by atoms with Gasteiger partial charge in [-0.1, -0.05) is 24.3 Å². The van der Waals surface area contributed by atoms with Gasteiger partial charge in [-0.3, -0.25) is 0 Å². The monoisotopic (exact) mass is 160 g/mol. The Labute approximate surface area is 72.4 Å². The van der Waals surface area contributed by atoms with Gasteiger partial charge in [-0.05, 0) is 25.5 Å². The molecule has 1 heterocycles. The molecular weight excluding hydrogens is 148 g/mol. The van der Waals surface area contributed by atoms with Gasteiger partial charge in [0.05, 0.1) is 6.26 Å². The van der Waals surface area contributed by atoms with E-state index in [4.69, 9.17) is 4.42 Å². The van der Waals surface area contributed by atoms with E-state index in [2.05, 4.69) is 31.2 Å². The number of allylic oxidation sites excluding steroid dienone is 4. The third-order valence-corrected chi connectivity index (χ3v) is 2.34. The molecule has 0 fully saturated rings. The number of furan rings is 1. The molecule has 1 aliphatic rings. The van der Waals surface area contributed by atoms with Crippen LogP contribution >= 0.6 is 0 Å². The predicted molar refractivity (Wildman–Crippen MR) is 49.0 cm³/mol. The first kappa shape index (κ1) is 7.41. The average Bonchev–Trinajstić information content (AvgIpc) is 2.58. The Morgan fingerprint density at radius 1 is 1.42 bits per heavy atom. The average molecular weight is 160 g/mol. The molecular formula is C11H12O. The maximum atomic E-state index is 5.39. The maximum absolute atomic E-state index is 5.39. The van der Waals surface area contributed by atoms with E-state index in [1.165, 1.54) is 0 Å². The molecule has 1 atom stereocenters. The first-order chi connectivity index (χ1) is 5.81. The van der Waals surface area contributed by atoms with Crippen LogP contribution in [0.3, 0.4) is 0 Å². The smallest absolute Gasteiger partial charge is 0.113 e. The molecule has 0 unspecified atom stereocenters. The molecule has 0 amide bonds. The Morgan fingerprint density at radius 3 is 2.92 bits per heavy atom. The Kier molecular flexibility index (Phi) is 1.65. The van der Waals surface area contributed by atoms with E-state index >= 15 is 0 Å². The van der Waals surface area contributed by atoms with Gasteiger partial charge in [-0.25, -0.2) is 0 Å². The molecule has 0 radical (unpaired) electrons. The zero-order chi connectivity index (χ0) is 8.44. The lowest BCUT2D eigenvalue weighted by atomic mass is 9.81. The van der Waals surface area contributed by atoms with E-state index in [0.29, 0.717) is 0 Å². The molecule has 0 spiro atoms. The van der Waals surface area contributed by atoms with Crippen LogP contribution in [-0.4, -0.2) is 0 Å². The molecule has 12 heavy (non-hydrogen) atoms. The molecule has 0 N–H and O–H groups in total. The molecule has 2 rings (SSSR count). The lowest BCUT2D eigenvalue weighted by Crippen LogP contribution is -2.18. The molecule has 1 nitrogen and oxygen atoms in total. The minimum Gasteiger partial charge on any atom is -0.468 e. The van der Waals surface area contributed by atoms with Gasteiger partial charge in [0.2, 0.25) is 0 Å². The van der Waals surface area contributed by atoms with E-state index in [9.17, 15) is 0 Å². The normalized spacial score (nSPS) is 27.8. The summed E-state index contributed by atoms with van der Waals surface area (Å²) in [6.45, 7) is 2.19. The molecule has 62 valence electrons. The van der Waals surface area contributed by atoms with Crippen LogP contribution in [0.1, 0.15) is 19.1 Å². The number of hydrogen-bond acceptors (Lipinski definition) is 1. The minimum atomic E-state index is 0.0677. The second-order valence-electron chi connectivity index (χ2n) is 3.39. The highest BCUT2D eigenvalue weighted by Gasteiger charge is 2.25. The zero-order valence-electron chi connectivity index (χ0n) is 7.16. The molecule has 0 bridgehead atoms. The van der Waals surface area contributed by atoms with Gasteiger partial charge in [0.1, 0.15) is 5.76 Å². The van der Waals surface area contributed by atoms with Crippen LogP contribution in [0.4, 0.5) is 0 Å². The van der Waals surface area contributed by atoms with Gasteiger partial charge in [-0.15, -0.1) is 0 Å². The van der Waals surface area contributed by atoms with E-state index in [1.807, 2.05) is 12.1 Å². The molecule has 0 saturated heterocycles. The topological polar surface area (TPSA) is 13.1 Å². The second-order valence-corrected chi connectivity index (χ2v) is 3.39. The first-order valence-corrected chi connectivity index (χ1v) is 4.20. The van der Waals surface area contributed by atoms with Crippen molar-refractivity contribution in [3.05, 3.63) is 48.5 Å². The third kappa shape index (κ3) is 1.11. The molecule has 0 saturated carbocycles. The Bertz CT molecular complexity index is 306. The van der Waals surface area contributed by atoms with Crippen molar-refractivity contribution in [1.29, 1.82) is 0 Å². The zero-order valence-corrected chi connectivity index (χ0v) is 7.16. The second kappa shape index (κ2) is 2.67. The summed E-state index contributed by atoms with van der Waals surface area (Å²) in [5.74, 6) is 1.04. The molecule has 1 aromatic rings. The van der Waals surface area contributed by atoms with Crippen LogP contribution in [0.25, 0.3) is 0 Å². The van der Waals surface area contributed by atoms with Crippen LogP contribution in [0, 0.1) is 0 Å². The maximum Gasteiger partial charge on any atom is 0.113 e. The van der Waals surface area contributed by atoms with E-state index in [0.717, 1.165) is 12.2 Å². The van der Waals surface area contributed by atoms with Gasteiger partial charge in [0.15, 0.2) is 0 Å². The number of rotatable bonds is 1. The van der Waals surface area contributed by atoms with Crippen molar-refractivity contribution in [3.8, 4) is 0 Å². The molecule has 1 aliphatic carbocycles. The quantitative estimate of drug-likeness (QED) is 0.615. The largest absolute Gasteiger partial charge is 0.468 e. The summed E-state index contributed by atoms with van der Waals surface area (Å²) >= 11 is 0. The van der Waals surface area contributed by atoms with Crippen LogP contribution in [0.5, 0.6) is 0 Å². The summed E-state index contributed by atoms with van der Waals surface area (Å²) in [7, 11) is 0. The Morgan fingerprint density at radius 2 is 2.33 bits per heavy atom. The summed E-state index contributed by atoms with van der Waals surface area (Å²) in [6.07, 6.45) is 11.3. The fraction of sp³-hybridized carbons (Fsp3) is 0.273. The minimum absolute atomic E-state index is 0.0677. The van der Waals surface area contributed by atoms with Crippen LogP contribution in [0.2, 0.25) is 0 Å².